The minimum absolute atomic E-state index is 0.0952. The van der Waals surface area contributed by atoms with Crippen molar-refractivity contribution in [1.29, 1.82) is 0 Å². The molecule has 2 rings (SSSR count). The van der Waals surface area contributed by atoms with Gasteiger partial charge < -0.3 is 4.57 Å². The third kappa shape index (κ3) is 3.42. The topological polar surface area (TPSA) is 17.8 Å². The Labute approximate surface area is 118 Å². The highest BCUT2D eigenvalue weighted by atomic mass is 35.5. The van der Waals surface area contributed by atoms with E-state index in [4.69, 9.17) is 11.6 Å². The molecule has 0 aliphatic rings. The lowest BCUT2D eigenvalue weighted by molar-refractivity contribution is -0.135. The zero-order valence-corrected chi connectivity index (χ0v) is 11.5. The number of halogens is 5. The highest BCUT2D eigenvalue weighted by Gasteiger charge is 2.26. The molecule has 0 saturated carbocycles. The van der Waals surface area contributed by atoms with Crippen LogP contribution < -0.4 is 0 Å². The molecule has 0 radical (unpaired) electrons. The molecule has 1 unspecified atom stereocenters. The van der Waals surface area contributed by atoms with Crippen molar-refractivity contribution < 1.29 is 17.6 Å². The first-order chi connectivity index (χ1) is 9.28. The van der Waals surface area contributed by atoms with Crippen LogP contribution in [0.15, 0.2) is 18.2 Å². The smallest absolute Gasteiger partial charge is 0.327 e. The Morgan fingerprint density at radius 2 is 2.05 bits per heavy atom. The fourth-order valence-corrected chi connectivity index (χ4v) is 2.26. The van der Waals surface area contributed by atoms with Crippen molar-refractivity contribution in [2.75, 3.05) is 0 Å². The maximum Gasteiger partial charge on any atom is 0.389 e. The lowest BCUT2D eigenvalue weighted by atomic mass is 10.2. The molecular formula is C13H13ClF4N2. The second-order valence-electron chi connectivity index (χ2n) is 4.59. The van der Waals surface area contributed by atoms with E-state index in [0.29, 0.717) is 16.9 Å². The second-order valence-corrected chi connectivity index (χ2v) is 5.24. The molecule has 0 bridgehead atoms. The summed E-state index contributed by atoms with van der Waals surface area (Å²) in [6, 6.07) is 4.02. The number of hydrogen-bond acceptors (Lipinski definition) is 1. The number of rotatable bonds is 4. The van der Waals surface area contributed by atoms with Gasteiger partial charge in [-0.3, -0.25) is 0 Å². The van der Waals surface area contributed by atoms with Gasteiger partial charge in [-0.05, 0) is 31.5 Å². The van der Waals surface area contributed by atoms with Crippen molar-refractivity contribution in [2.24, 2.45) is 0 Å². The minimum atomic E-state index is -4.20. The van der Waals surface area contributed by atoms with E-state index in [-0.39, 0.29) is 13.0 Å². The lowest BCUT2D eigenvalue weighted by Crippen LogP contribution is -2.11. The van der Waals surface area contributed by atoms with E-state index in [2.05, 4.69) is 4.98 Å². The molecule has 0 fully saturated rings. The van der Waals surface area contributed by atoms with E-state index in [1.807, 2.05) is 0 Å². The molecule has 1 aromatic heterocycles. The van der Waals surface area contributed by atoms with Gasteiger partial charge in [0.2, 0.25) is 0 Å². The van der Waals surface area contributed by atoms with Gasteiger partial charge >= 0.3 is 6.18 Å². The van der Waals surface area contributed by atoms with Gasteiger partial charge in [0.15, 0.2) is 0 Å². The average molecular weight is 309 g/mol. The fourth-order valence-electron chi connectivity index (χ4n) is 2.09. The first kappa shape index (κ1) is 15.1. The first-order valence-electron chi connectivity index (χ1n) is 6.14. The molecular weight excluding hydrogens is 296 g/mol. The summed E-state index contributed by atoms with van der Waals surface area (Å²) >= 11 is 5.99. The van der Waals surface area contributed by atoms with Gasteiger partial charge in [-0.2, -0.15) is 13.2 Å². The molecule has 0 aliphatic heterocycles. The Hall–Kier alpha value is -1.30. The number of fused-ring (bicyclic) bond motifs is 1. The van der Waals surface area contributed by atoms with E-state index in [9.17, 15) is 17.6 Å². The van der Waals surface area contributed by atoms with Gasteiger partial charge in [-0.15, -0.1) is 11.6 Å². The Kier molecular flexibility index (Phi) is 4.22. The second kappa shape index (κ2) is 5.60. The van der Waals surface area contributed by atoms with E-state index >= 15 is 0 Å². The number of nitrogens with zero attached hydrogens (tertiary/aromatic N) is 2. The summed E-state index contributed by atoms with van der Waals surface area (Å²) in [5.41, 5.74) is 0.996. The molecule has 2 aromatic rings. The van der Waals surface area contributed by atoms with Gasteiger partial charge in [-0.1, -0.05) is 0 Å². The maximum absolute atomic E-state index is 13.3. The normalized spacial score (nSPS) is 13.9. The number of aromatic nitrogens is 2. The molecule has 0 spiro atoms. The maximum atomic E-state index is 13.3. The van der Waals surface area contributed by atoms with E-state index < -0.39 is 23.8 Å². The highest BCUT2D eigenvalue weighted by Crippen LogP contribution is 2.27. The summed E-state index contributed by atoms with van der Waals surface area (Å²) < 4.78 is 51.5. The van der Waals surface area contributed by atoms with Crippen molar-refractivity contribution in [1.82, 2.24) is 9.55 Å². The summed E-state index contributed by atoms with van der Waals surface area (Å²) in [4.78, 5) is 4.25. The third-order valence-electron chi connectivity index (χ3n) is 2.94. The summed E-state index contributed by atoms with van der Waals surface area (Å²) in [7, 11) is 0. The largest absolute Gasteiger partial charge is 0.389 e. The van der Waals surface area contributed by atoms with Gasteiger partial charge in [0.05, 0.1) is 16.4 Å². The third-order valence-corrected chi connectivity index (χ3v) is 3.13. The van der Waals surface area contributed by atoms with Gasteiger partial charge in [-0.25, -0.2) is 9.37 Å². The van der Waals surface area contributed by atoms with Crippen LogP contribution in [0.25, 0.3) is 11.0 Å². The molecule has 1 heterocycles. The molecule has 0 aliphatic carbocycles. The molecule has 1 atom stereocenters. The fraction of sp³-hybridized carbons (Fsp3) is 0.462. The monoisotopic (exact) mass is 308 g/mol. The number of imidazole rings is 1. The SMILES string of the molecule is CC(Cl)c1nc2ccc(F)cc2n1CCCC(F)(F)F. The Bertz CT molecular complexity index is 604. The van der Waals surface area contributed by atoms with E-state index in [0.717, 1.165) is 0 Å². The van der Waals surface area contributed by atoms with Gasteiger partial charge in [0, 0.05) is 13.0 Å². The highest BCUT2D eigenvalue weighted by molar-refractivity contribution is 6.20. The number of hydrogen-bond donors (Lipinski definition) is 0. The Balaban J connectivity index is 2.33. The van der Waals surface area contributed by atoms with Crippen molar-refractivity contribution in [3.8, 4) is 0 Å². The minimum Gasteiger partial charge on any atom is -0.327 e. The van der Waals surface area contributed by atoms with Crippen LogP contribution in [0.3, 0.4) is 0 Å². The molecule has 1 aromatic carbocycles. The van der Waals surface area contributed by atoms with E-state index in [1.54, 1.807) is 11.5 Å². The molecule has 2 nitrogen and oxygen atoms in total. The van der Waals surface area contributed by atoms with Crippen molar-refractivity contribution in [2.45, 2.75) is 37.9 Å². The number of benzene rings is 1. The molecule has 0 amide bonds. The zero-order valence-electron chi connectivity index (χ0n) is 10.7. The summed E-state index contributed by atoms with van der Waals surface area (Å²) in [5.74, 6) is -0.00214. The average Bonchev–Trinajstić information content (AvgIpc) is 2.66. The number of aryl methyl sites for hydroxylation is 1. The standard InChI is InChI=1S/C13H13ClF4N2/c1-8(14)12-19-10-4-3-9(15)7-11(10)20(12)6-2-5-13(16,17)18/h3-4,7-8H,2,5-6H2,1H3. The molecule has 0 saturated heterocycles. The van der Waals surface area contributed by atoms with Crippen LogP contribution in [0.2, 0.25) is 0 Å². The quantitative estimate of drug-likeness (QED) is 0.585. The van der Waals surface area contributed by atoms with E-state index in [1.165, 1.54) is 18.2 Å². The van der Waals surface area contributed by atoms with Crippen molar-refractivity contribution in [3.05, 3.63) is 29.8 Å². The summed E-state index contributed by atoms with van der Waals surface area (Å²) in [5, 5.41) is -0.462. The van der Waals surface area contributed by atoms with Crippen LogP contribution in [0, 0.1) is 5.82 Å². The van der Waals surface area contributed by atoms with Crippen LogP contribution in [-0.2, 0) is 6.54 Å². The molecule has 7 heteroatoms. The molecule has 0 N–H and O–H groups in total. The van der Waals surface area contributed by atoms with Crippen LogP contribution in [-0.4, -0.2) is 15.7 Å². The summed E-state index contributed by atoms with van der Waals surface area (Å²) in [6.45, 7) is 1.78. The van der Waals surface area contributed by atoms with Crippen LogP contribution in [0.4, 0.5) is 17.6 Å². The Morgan fingerprint density at radius 3 is 2.65 bits per heavy atom. The first-order valence-corrected chi connectivity index (χ1v) is 6.58. The predicted octanol–water partition coefficient (Wildman–Crippen LogP) is 4.82. The molecule has 110 valence electrons. The van der Waals surface area contributed by atoms with Gasteiger partial charge in [0.25, 0.3) is 0 Å². The number of alkyl halides is 4. The Morgan fingerprint density at radius 1 is 1.35 bits per heavy atom. The van der Waals surface area contributed by atoms with Crippen molar-refractivity contribution >= 4 is 22.6 Å². The summed E-state index contributed by atoms with van der Waals surface area (Å²) in [6.07, 6.45) is -5.19. The van der Waals surface area contributed by atoms with Crippen LogP contribution in [0.5, 0.6) is 0 Å². The predicted molar refractivity (Wildman–Crippen MR) is 69.2 cm³/mol. The zero-order chi connectivity index (χ0) is 14.9. The van der Waals surface area contributed by atoms with Crippen molar-refractivity contribution in [3.63, 3.8) is 0 Å². The van der Waals surface area contributed by atoms with Gasteiger partial charge in [0.1, 0.15) is 11.6 Å². The molecule has 20 heavy (non-hydrogen) atoms. The van der Waals surface area contributed by atoms with Crippen LogP contribution in [0.1, 0.15) is 31.0 Å². The lowest BCUT2D eigenvalue weighted by Gasteiger charge is -2.11. The van der Waals surface area contributed by atoms with Crippen LogP contribution >= 0.6 is 11.6 Å².